The number of urea groups is 1. The molecule has 1 atom stereocenters. The Balaban J connectivity index is 1.85. The molecule has 0 saturated carbocycles. The van der Waals surface area contributed by atoms with Gasteiger partial charge >= 0.3 is 6.03 Å². The van der Waals surface area contributed by atoms with E-state index < -0.39 is 0 Å². The van der Waals surface area contributed by atoms with Crippen molar-refractivity contribution in [2.24, 2.45) is 0 Å². The lowest BCUT2D eigenvalue weighted by atomic mass is 10.0. The minimum absolute atomic E-state index is 0.0337. The van der Waals surface area contributed by atoms with E-state index in [0.717, 1.165) is 37.8 Å². The van der Waals surface area contributed by atoms with Crippen LogP contribution in [-0.2, 0) is 6.42 Å². The van der Waals surface area contributed by atoms with Crippen LogP contribution in [0.3, 0.4) is 0 Å². The van der Waals surface area contributed by atoms with Gasteiger partial charge in [0.05, 0.1) is 14.2 Å². The molecule has 0 radical (unpaired) electrons. The Morgan fingerprint density at radius 2 is 2.08 bits per heavy atom. The number of nitrogens with zero attached hydrogens (tertiary/aromatic N) is 1. The average molecular weight is 336 g/mol. The van der Waals surface area contributed by atoms with Gasteiger partial charge < -0.3 is 24.8 Å². The van der Waals surface area contributed by atoms with Crippen molar-refractivity contribution in [2.75, 3.05) is 33.9 Å². The van der Waals surface area contributed by atoms with Crippen molar-refractivity contribution in [1.29, 1.82) is 0 Å². The molecule has 2 rings (SSSR count). The summed E-state index contributed by atoms with van der Waals surface area (Å²) in [5.74, 6) is 1.39. The maximum atomic E-state index is 12.4. The standard InChI is InChI=1S/C18H28N2O4/c1-23-16-7-6-14(13-17(16)24-2)8-10-19-18(22)20-11-4-3-5-15(20)9-12-21/h6-7,13,15,21H,3-5,8-12H2,1-2H3,(H,19,22). The van der Waals surface area contributed by atoms with Crippen molar-refractivity contribution in [1.82, 2.24) is 10.2 Å². The van der Waals surface area contributed by atoms with Gasteiger partial charge in [0.25, 0.3) is 0 Å². The predicted octanol–water partition coefficient (Wildman–Crippen LogP) is 2.19. The van der Waals surface area contributed by atoms with Crippen LogP contribution in [-0.4, -0.2) is 56.0 Å². The van der Waals surface area contributed by atoms with Crippen LogP contribution in [0.4, 0.5) is 4.79 Å². The zero-order valence-electron chi connectivity index (χ0n) is 14.6. The molecule has 1 unspecified atom stereocenters. The number of ether oxygens (including phenoxy) is 2. The minimum atomic E-state index is -0.0337. The van der Waals surface area contributed by atoms with Crippen molar-refractivity contribution < 1.29 is 19.4 Å². The highest BCUT2D eigenvalue weighted by atomic mass is 16.5. The van der Waals surface area contributed by atoms with E-state index in [4.69, 9.17) is 14.6 Å². The Kier molecular flexibility index (Phi) is 7.18. The average Bonchev–Trinajstić information content (AvgIpc) is 2.62. The highest BCUT2D eigenvalue weighted by molar-refractivity contribution is 5.74. The van der Waals surface area contributed by atoms with Crippen molar-refractivity contribution in [2.45, 2.75) is 38.1 Å². The van der Waals surface area contributed by atoms with E-state index in [0.29, 0.717) is 24.5 Å². The van der Waals surface area contributed by atoms with Gasteiger partial charge in [0.1, 0.15) is 0 Å². The molecule has 2 N–H and O–H groups in total. The summed E-state index contributed by atoms with van der Waals surface area (Å²) in [6.45, 7) is 1.46. The molecule has 0 spiro atoms. The molecular weight excluding hydrogens is 308 g/mol. The zero-order valence-corrected chi connectivity index (χ0v) is 14.6. The highest BCUT2D eigenvalue weighted by Gasteiger charge is 2.25. The number of amides is 2. The summed E-state index contributed by atoms with van der Waals surface area (Å²) < 4.78 is 10.5. The number of carbonyl (C=O) groups excluding carboxylic acids is 1. The van der Waals surface area contributed by atoms with Crippen molar-refractivity contribution in [3.63, 3.8) is 0 Å². The fourth-order valence-electron chi connectivity index (χ4n) is 3.17. The summed E-state index contributed by atoms with van der Waals surface area (Å²) in [4.78, 5) is 14.3. The number of benzene rings is 1. The minimum Gasteiger partial charge on any atom is -0.493 e. The quantitative estimate of drug-likeness (QED) is 0.801. The highest BCUT2D eigenvalue weighted by Crippen LogP contribution is 2.27. The maximum absolute atomic E-state index is 12.4. The van der Waals surface area contributed by atoms with Gasteiger partial charge in [-0.2, -0.15) is 0 Å². The van der Waals surface area contributed by atoms with Crippen LogP contribution in [0.15, 0.2) is 18.2 Å². The van der Waals surface area contributed by atoms with E-state index in [-0.39, 0.29) is 18.7 Å². The second kappa shape index (κ2) is 9.37. The van der Waals surface area contributed by atoms with Gasteiger partial charge in [-0.05, 0) is 49.8 Å². The fraction of sp³-hybridized carbons (Fsp3) is 0.611. The van der Waals surface area contributed by atoms with E-state index in [1.165, 1.54) is 0 Å². The number of piperidine rings is 1. The van der Waals surface area contributed by atoms with Gasteiger partial charge in [0, 0.05) is 25.7 Å². The summed E-state index contributed by atoms with van der Waals surface area (Å²) in [5.41, 5.74) is 1.08. The molecule has 1 saturated heterocycles. The molecule has 1 heterocycles. The summed E-state index contributed by atoms with van der Waals surface area (Å²) in [6, 6.07) is 5.90. The zero-order chi connectivity index (χ0) is 17.4. The van der Waals surface area contributed by atoms with E-state index in [1.807, 2.05) is 23.1 Å². The molecule has 1 aliphatic heterocycles. The van der Waals surface area contributed by atoms with Gasteiger partial charge in [0.15, 0.2) is 11.5 Å². The molecule has 6 nitrogen and oxygen atoms in total. The lowest BCUT2D eigenvalue weighted by molar-refractivity contribution is 0.132. The Bertz CT molecular complexity index is 534. The summed E-state index contributed by atoms with van der Waals surface area (Å²) in [7, 11) is 3.22. The third kappa shape index (κ3) is 4.77. The first-order valence-electron chi connectivity index (χ1n) is 8.55. The molecule has 0 aliphatic carbocycles. The van der Waals surface area contributed by atoms with Gasteiger partial charge in [0.2, 0.25) is 0 Å². The van der Waals surface area contributed by atoms with Gasteiger partial charge in [-0.15, -0.1) is 0 Å². The van der Waals surface area contributed by atoms with Crippen molar-refractivity contribution >= 4 is 6.03 Å². The number of hydrogen-bond donors (Lipinski definition) is 2. The van der Waals surface area contributed by atoms with E-state index >= 15 is 0 Å². The van der Waals surface area contributed by atoms with Crippen LogP contribution < -0.4 is 14.8 Å². The van der Waals surface area contributed by atoms with E-state index in [9.17, 15) is 4.79 Å². The number of carbonyl (C=O) groups is 1. The van der Waals surface area contributed by atoms with Crippen molar-refractivity contribution in [3.05, 3.63) is 23.8 Å². The van der Waals surface area contributed by atoms with Crippen LogP contribution in [0, 0.1) is 0 Å². The summed E-state index contributed by atoms with van der Waals surface area (Å²) >= 11 is 0. The third-order valence-corrected chi connectivity index (χ3v) is 4.49. The third-order valence-electron chi connectivity index (χ3n) is 4.49. The van der Waals surface area contributed by atoms with Crippen LogP contribution in [0.5, 0.6) is 11.5 Å². The number of likely N-dealkylation sites (tertiary alicyclic amines) is 1. The lowest BCUT2D eigenvalue weighted by Crippen LogP contribution is -2.49. The van der Waals surface area contributed by atoms with E-state index in [2.05, 4.69) is 5.32 Å². The molecule has 6 heteroatoms. The van der Waals surface area contributed by atoms with Crippen LogP contribution >= 0.6 is 0 Å². The number of nitrogens with one attached hydrogen (secondary N) is 1. The first kappa shape index (κ1) is 18.4. The molecule has 1 aromatic rings. The molecule has 2 amide bonds. The normalized spacial score (nSPS) is 17.5. The van der Waals surface area contributed by atoms with E-state index in [1.54, 1.807) is 14.2 Å². The molecule has 134 valence electrons. The summed E-state index contributed by atoms with van der Waals surface area (Å²) in [6.07, 6.45) is 4.52. The van der Waals surface area contributed by atoms with Crippen LogP contribution in [0.1, 0.15) is 31.2 Å². The Morgan fingerprint density at radius 1 is 1.29 bits per heavy atom. The molecule has 1 aromatic carbocycles. The molecule has 24 heavy (non-hydrogen) atoms. The number of rotatable bonds is 7. The number of aliphatic hydroxyl groups excluding tert-OH is 1. The molecule has 0 bridgehead atoms. The molecule has 1 fully saturated rings. The first-order chi connectivity index (χ1) is 11.7. The maximum Gasteiger partial charge on any atom is 0.317 e. The van der Waals surface area contributed by atoms with Crippen LogP contribution in [0.2, 0.25) is 0 Å². The fourth-order valence-corrected chi connectivity index (χ4v) is 3.17. The number of methoxy groups -OCH3 is 2. The summed E-state index contributed by atoms with van der Waals surface area (Å²) in [5, 5.41) is 12.1. The van der Waals surface area contributed by atoms with Gasteiger partial charge in [-0.3, -0.25) is 0 Å². The lowest BCUT2D eigenvalue weighted by Gasteiger charge is -2.35. The second-order valence-corrected chi connectivity index (χ2v) is 6.03. The first-order valence-corrected chi connectivity index (χ1v) is 8.55. The Hall–Kier alpha value is -1.95. The van der Waals surface area contributed by atoms with Crippen molar-refractivity contribution in [3.8, 4) is 11.5 Å². The molecular formula is C18H28N2O4. The Morgan fingerprint density at radius 3 is 2.79 bits per heavy atom. The van der Waals surface area contributed by atoms with Crippen LogP contribution in [0.25, 0.3) is 0 Å². The smallest absolute Gasteiger partial charge is 0.317 e. The monoisotopic (exact) mass is 336 g/mol. The topological polar surface area (TPSA) is 71.0 Å². The second-order valence-electron chi connectivity index (χ2n) is 6.03. The largest absolute Gasteiger partial charge is 0.493 e. The number of hydrogen-bond acceptors (Lipinski definition) is 4. The molecule has 1 aliphatic rings. The Labute approximate surface area is 143 Å². The SMILES string of the molecule is COc1ccc(CCNC(=O)N2CCCCC2CCO)cc1OC. The van der Waals surface area contributed by atoms with Gasteiger partial charge in [-0.1, -0.05) is 6.07 Å². The van der Waals surface area contributed by atoms with Gasteiger partial charge in [-0.25, -0.2) is 4.79 Å². The number of aliphatic hydroxyl groups is 1. The molecule has 0 aromatic heterocycles. The predicted molar refractivity (Wildman–Crippen MR) is 92.7 cm³/mol.